The molecular weight excluding hydrogens is 336 g/mol. The molecule has 27 heavy (non-hydrogen) atoms. The number of H-pyrrole nitrogens is 1. The van der Waals surface area contributed by atoms with Crippen molar-refractivity contribution in [3.05, 3.63) is 76.1 Å². The fourth-order valence-corrected chi connectivity index (χ4v) is 4.42. The van der Waals surface area contributed by atoms with E-state index in [0.717, 1.165) is 41.8 Å². The van der Waals surface area contributed by atoms with Crippen LogP contribution in [0.15, 0.2) is 42.5 Å². The van der Waals surface area contributed by atoms with Gasteiger partial charge in [0.2, 0.25) is 0 Å². The van der Waals surface area contributed by atoms with Gasteiger partial charge in [0.15, 0.2) is 5.78 Å². The molecule has 0 spiro atoms. The van der Waals surface area contributed by atoms with Crippen molar-refractivity contribution in [1.82, 2.24) is 4.98 Å². The van der Waals surface area contributed by atoms with Gasteiger partial charge in [-0.25, -0.2) is 0 Å². The second kappa shape index (κ2) is 5.95. The van der Waals surface area contributed by atoms with E-state index in [2.05, 4.69) is 46.7 Å². The highest BCUT2D eigenvalue weighted by atomic mass is 16.2. The molecule has 2 aromatic carbocycles. The minimum Gasteiger partial charge on any atom is -0.354 e. The number of nitrogens with one attached hydrogen (secondary N) is 2. The Balaban J connectivity index is 1.43. The molecule has 4 nitrogen and oxygen atoms in total. The van der Waals surface area contributed by atoms with Crippen molar-refractivity contribution in [1.29, 1.82) is 0 Å². The first-order valence-corrected chi connectivity index (χ1v) is 9.39. The molecule has 0 saturated carbocycles. The van der Waals surface area contributed by atoms with E-state index in [4.69, 9.17) is 0 Å². The Morgan fingerprint density at radius 3 is 2.70 bits per heavy atom. The summed E-state index contributed by atoms with van der Waals surface area (Å²) in [7, 11) is 0. The Labute approximate surface area is 157 Å². The van der Waals surface area contributed by atoms with Crippen LogP contribution in [0.5, 0.6) is 0 Å². The molecule has 0 aliphatic heterocycles. The SMILES string of the molecule is Cc1c(C(=O)Nc2ccc3c(c2)Cc2ccccc2-3)[nH]c2c1C(=O)CCC2. The molecule has 4 heteroatoms. The van der Waals surface area contributed by atoms with Crippen molar-refractivity contribution in [2.75, 3.05) is 5.32 Å². The molecule has 0 fully saturated rings. The normalized spacial score (nSPS) is 14.5. The Kier molecular flexibility index (Phi) is 3.54. The molecule has 0 radical (unpaired) electrons. The molecule has 5 rings (SSSR count). The number of carbonyl (C=O) groups excluding carboxylic acids is 2. The molecule has 0 atom stereocenters. The van der Waals surface area contributed by atoms with Gasteiger partial charge in [-0.1, -0.05) is 30.3 Å². The van der Waals surface area contributed by atoms with Gasteiger partial charge in [0.1, 0.15) is 5.69 Å². The lowest BCUT2D eigenvalue weighted by atomic mass is 9.94. The maximum Gasteiger partial charge on any atom is 0.272 e. The summed E-state index contributed by atoms with van der Waals surface area (Å²) in [5.41, 5.74) is 8.73. The van der Waals surface area contributed by atoms with E-state index in [9.17, 15) is 9.59 Å². The van der Waals surface area contributed by atoms with Crippen molar-refractivity contribution < 1.29 is 9.59 Å². The Hall–Kier alpha value is -3.14. The van der Waals surface area contributed by atoms with Crippen LogP contribution >= 0.6 is 0 Å². The van der Waals surface area contributed by atoms with E-state index in [-0.39, 0.29) is 11.7 Å². The van der Waals surface area contributed by atoms with E-state index in [0.29, 0.717) is 12.1 Å². The first-order valence-electron chi connectivity index (χ1n) is 9.39. The number of aromatic amines is 1. The first-order chi connectivity index (χ1) is 13.1. The second-order valence-electron chi connectivity index (χ2n) is 7.42. The molecule has 2 aliphatic rings. The molecule has 2 aliphatic carbocycles. The molecule has 3 aromatic rings. The lowest BCUT2D eigenvalue weighted by Crippen LogP contribution is -2.14. The van der Waals surface area contributed by atoms with Gasteiger partial charge in [-0.3, -0.25) is 9.59 Å². The van der Waals surface area contributed by atoms with Crippen LogP contribution in [0.25, 0.3) is 11.1 Å². The highest BCUT2D eigenvalue weighted by Gasteiger charge is 2.26. The second-order valence-corrected chi connectivity index (χ2v) is 7.42. The minimum absolute atomic E-state index is 0.138. The number of Topliss-reactive ketones (excluding diaryl/α,β-unsaturated/α-hetero) is 1. The maximum absolute atomic E-state index is 12.8. The number of aryl methyl sites for hydroxylation is 1. The summed E-state index contributed by atoms with van der Waals surface area (Å²) in [4.78, 5) is 28.2. The summed E-state index contributed by atoms with van der Waals surface area (Å²) in [6, 6.07) is 14.5. The zero-order valence-corrected chi connectivity index (χ0v) is 15.2. The largest absolute Gasteiger partial charge is 0.354 e. The molecule has 1 heterocycles. The van der Waals surface area contributed by atoms with E-state index < -0.39 is 0 Å². The molecule has 0 unspecified atom stereocenters. The van der Waals surface area contributed by atoms with Crippen molar-refractivity contribution in [3.8, 4) is 11.1 Å². The van der Waals surface area contributed by atoms with E-state index in [1.165, 1.54) is 22.3 Å². The number of carbonyl (C=O) groups is 2. The molecule has 134 valence electrons. The summed E-state index contributed by atoms with van der Waals surface area (Å²) < 4.78 is 0. The zero-order chi connectivity index (χ0) is 18.5. The van der Waals surface area contributed by atoms with Gasteiger partial charge >= 0.3 is 0 Å². The number of rotatable bonds is 2. The van der Waals surface area contributed by atoms with Crippen molar-refractivity contribution in [2.45, 2.75) is 32.6 Å². The summed E-state index contributed by atoms with van der Waals surface area (Å²) in [5, 5.41) is 3.00. The van der Waals surface area contributed by atoms with Crippen molar-refractivity contribution in [3.63, 3.8) is 0 Å². The van der Waals surface area contributed by atoms with Gasteiger partial charge < -0.3 is 10.3 Å². The molecule has 0 bridgehead atoms. The van der Waals surface area contributed by atoms with Gasteiger partial charge in [0.05, 0.1) is 0 Å². The van der Waals surface area contributed by atoms with Crippen LogP contribution in [0.3, 0.4) is 0 Å². The van der Waals surface area contributed by atoms with Gasteiger partial charge in [-0.2, -0.15) is 0 Å². The Morgan fingerprint density at radius 2 is 1.85 bits per heavy atom. The number of ketones is 1. The van der Waals surface area contributed by atoms with E-state index in [1.54, 1.807) is 0 Å². The van der Waals surface area contributed by atoms with Gasteiger partial charge in [0.25, 0.3) is 5.91 Å². The smallest absolute Gasteiger partial charge is 0.272 e. The Morgan fingerprint density at radius 1 is 1.04 bits per heavy atom. The molecule has 2 N–H and O–H groups in total. The topological polar surface area (TPSA) is 62.0 Å². The summed E-state index contributed by atoms with van der Waals surface area (Å²) in [6.07, 6.45) is 3.13. The number of benzene rings is 2. The third-order valence-corrected chi connectivity index (χ3v) is 5.72. The first kappa shape index (κ1) is 16.1. The fraction of sp³-hybridized carbons (Fsp3) is 0.217. The number of anilines is 1. The molecule has 0 saturated heterocycles. The third kappa shape index (κ3) is 2.52. The average molecular weight is 356 g/mol. The van der Waals surface area contributed by atoms with Crippen LogP contribution in [0.4, 0.5) is 5.69 Å². The number of fused-ring (bicyclic) bond motifs is 4. The lowest BCUT2D eigenvalue weighted by Gasteiger charge is -2.09. The van der Waals surface area contributed by atoms with Crippen LogP contribution in [-0.2, 0) is 12.8 Å². The lowest BCUT2D eigenvalue weighted by molar-refractivity contribution is 0.0971. The third-order valence-electron chi connectivity index (χ3n) is 5.72. The van der Waals surface area contributed by atoms with Crippen LogP contribution in [0.1, 0.15) is 56.1 Å². The minimum atomic E-state index is -0.190. The maximum atomic E-state index is 12.8. The van der Waals surface area contributed by atoms with Gasteiger partial charge in [-0.05, 0) is 66.1 Å². The predicted octanol–water partition coefficient (Wildman–Crippen LogP) is 4.67. The predicted molar refractivity (Wildman–Crippen MR) is 105 cm³/mol. The molecular formula is C23H20N2O2. The number of amides is 1. The van der Waals surface area contributed by atoms with Gasteiger partial charge in [-0.15, -0.1) is 0 Å². The van der Waals surface area contributed by atoms with Gasteiger partial charge in [0, 0.05) is 23.4 Å². The fourth-order valence-electron chi connectivity index (χ4n) is 4.42. The number of hydrogen-bond acceptors (Lipinski definition) is 2. The molecule has 1 aromatic heterocycles. The van der Waals surface area contributed by atoms with Crippen molar-refractivity contribution in [2.24, 2.45) is 0 Å². The summed E-state index contributed by atoms with van der Waals surface area (Å²) in [5.74, 6) is -0.0514. The zero-order valence-electron chi connectivity index (χ0n) is 15.2. The highest BCUT2D eigenvalue weighted by Crippen LogP contribution is 2.37. The average Bonchev–Trinajstić information content (AvgIpc) is 3.20. The quantitative estimate of drug-likeness (QED) is 0.548. The van der Waals surface area contributed by atoms with E-state index >= 15 is 0 Å². The van der Waals surface area contributed by atoms with Crippen molar-refractivity contribution >= 4 is 17.4 Å². The monoisotopic (exact) mass is 356 g/mol. The van der Waals surface area contributed by atoms with Crippen LogP contribution in [0.2, 0.25) is 0 Å². The summed E-state index contributed by atoms with van der Waals surface area (Å²) in [6.45, 7) is 1.85. The van der Waals surface area contributed by atoms with Crippen LogP contribution in [0, 0.1) is 6.92 Å². The van der Waals surface area contributed by atoms with Crippen LogP contribution < -0.4 is 5.32 Å². The molecule has 1 amide bonds. The van der Waals surface area contributed by atoms with Crippen LogP contribution in [-0.4, -0.2) is 16.7 Å². The summed E-state index contributed by atoms with van der Waals surface area (Å²) >= 11 is 0. The highest BCUT2D eigenvalue weighted by molar-refractivity contribution is 6.08. The Bertz CT molecular complexity index is 1110. The van der Waals surface area contributed by atoms with E-state index in [1.807, 2.05) is 13.0 Å². The number of aromatic nitrogens is 1. The number of hydrogen-bond donors (Lipinski definition) is 2. The standard InChI is InChI=1S/C23H20N2O2/c1-13-21-19(7-4-8-20(21)26)25-22(13)23(27)24-16-9-10-18-15(12-16)11-14-5-2-3-6-17(14)18/h2-3,5-6,9-10,12,25H,4,7-8,11H2,1H3,(H,24,27).